The quantitative estimate of drug-likeness (QED) is 0.111. The van der Waals surface area contributed by atoms with Crippen LogP contribution >= 0.6 is 23.2 Å². The van der Waals surface area contributed by atoms with Crippen LogP contribution in [0.4, 0.5) is 20.2 Å². The lowest BCUT2D eigenvalue weighted by molar-refractivity contribution is -0.119. The van der Waals surface area contributed by atoms with E-state index in [1.807, 2.05) is 12.1 Å². The first-order valence-corrected chi connectivity index (χ1v) is 15.4. The molecule has 2 aromatic carbocycles. The topological polar surface area (TPSA) is 100 Å². The number of methoxy groups -OCH3 is 1. The minimum atomic E-state index is -0.424. The summed E-state index contributed by atoms with van der Waals surface area (Å²) in [5.41, 5.74) is 4.29. The molecule has 1 atom stereocenters. The first-order valence-electron chi connectivity index (χ1n) is 14.7. The predicted molar refractivity (Wildman–Crippen MR) is 174 cm³/mol. The molecule has 2 aromatic heterocycles. The van der Waals surface area contributed by atoms with E-state index in [1.54, 1.807) is 55.8 Å². The van der Waals surface area contributed by atoms with Crippen LogP contribution in [-0.4, -0.2) is 48.8 Å². The molecule has 0 spiro atoms. The molecular formula is C33H34Cl2F2N6O2. The number of aromatic nitrogens is 2. The van der Waals surface area contributed by atoms with Crippen molar-refractivity contribution in [3.8, 4) is 28.4 Å². The van der Waals surface area contributed by atoms with Gasteiger partial charge in [-0.25, -0.2) is 9.37 Å². The lowest BCUT2D eigenvalue weighted by Crippen LogP contribution is -2.35. The van der Waals surface area contributed by atoms with Gasteiger partial charge in [0.15, 0.2) is 5.82 Å². The summed E-state index contributed by atoms with van der Waals surface area (Å²) in [5, 5.41) is 13.1. The Labute approximate surface area is 270 Å². The van der Waals surface area contributed by atoms with Gasteiger partial charge < -0.3 is 26.0 Å². The van der Waals surface area contributed by atoms with Gasteiger partial charge in [0.1, 0.15) is 0 Å². The first kappa shape index (κ1) is 32.6. The van der Waals surface area contributed by atoms with E-state index < -0.39 is 12.5 Å². The van der Waals surface area contributed by atoms with E-state index >= 15 is 4.39 Å². The SMILES string of the molecule is COc1nc(-c2ccnc(-c3cccc(Nc4cccc(CNCCCF)c4F)c3Cl)c2Cl)ccc1CNC[C@@H]1CCC(=O)N1. The van der Waals surface area contributed by atoms with E-state index in [0.717, 1.165) is 12.0 Å². The highest BCUT2D eigenvalue weighted by molar-refractivity contribution is 6.39. The summed E-state index contributed by atoms with van der Waals surface area (Å²) in [6.45, 7) is 1.49. The third-order valence-corrected chi connectivity index (χ3v) is 8.28. The molecule has 3 heterocycles. The number of nitrogens with one attached hydrogen (secondary N) is 4. The Balaban J connectivity index is 1.35. The van der Waals surface area contributed by atoms with E-state index in [0.29, 0.717) is 82.2 Å². The molecule has 0 saturated carbocycles. The maximum atomic E-state index is 15.3. The van der Waals surface area contributed by atoms with Crippen molar-refractivity contribution in [1.29, 1.82) is 0 Å². The van der Waals surface area contributed by atoms with Crippen LogP contribution in [0.1, 0.15) is 30.4 Å². The monoisotopic (exact) mass is 654 g/mol. The number of benzene rings is 2. The smallest absolute Gasteiger partial charge is 0.220 e. The molecule has 0 bridgehead atoms. The fraction of sp³-hybridized carbons (Fsp3) is 0.303. The number of carbonyl (C=O) groups is 1. The van der Waals surface area contributed by atoms with Crippen LogP contribution in [0.5, 0.6) is 5.88 Å². The Bertz CT molecular complexity index is 1660. The van der Waals surface area contributed by atoms with Crippen molar-refractivity contribution in [2.24, 2.45) is 0 Å². The van der Waals surface area contributed by atoms with Gasteiger partial charge in [-0.15, -0.1) is 0 Å². The van der Waals surface area contributed by atoms with Crippen molar-refractivity contribution < 1.29 is 18.3 Å². The van der Waals surface area contributed by atoms with Gasteiger partial charge in [0, 0.05) is 60.5 Å². The summed E-state index contributed by atoms with van der Waals surface area (Å²) in [5.74, 6) is 0.114. The first-order chi connectivity index (χ1) is 21.9. The fourth-order valence-corrected chi connectivity index (χ4v) is 5.73. The maximum Gasteiger partial charge on any atom is 0.220 e. The zero-order valence-corrected chi connectivity index (χ0v) is 26.2. The summed E-state index contributed by atoms with van der Waals surface area (Å²) < 4.78 is 33.3. The molecule has 12 heteroatoms. The van der Waals surface area contributed by atoms with Gasteiger partial charge in [-0.05, 0) is 43.7 Å². The van der Waals surface area contributed by atoms with E-state index in [2.05, 4.69) is 26.3 Å². The van der Waals surface area contributed by atoms with Gasteiger partial charge in [-0.1, -0.05) is 53.5 Å². The maximum absolute atomic E-state index is 15.3. The Morgan fingerprint density at radius 3 is 2.56 bits per heavy atom. The van der Waals surface area contributed by atoms with Crippen LogP contribution in [0, 0.1) is 5.82 Å². The molecule has 4 N–H and O–H groups in total. The average molecular weight is 656 g/mol. The molecule has 1 amide bonds. The minimum Gasteiger partial charge on any atom is -0.481 e. The van der Waals surface area contributed by atoms with Crippen molar-refractivity contribution in [3.05, 3.63) is 87.8 Å². The van der Waals surface area contributed by atoms with Gasteiger partial charge in [0.2, 0.25) is 11.8 Å². The Morgan fingerprint density at radius 1 is 0.978 bits per heavy atom. The van der Waals surface area contributed by atoms with Crippen molar-refractivity contribution in [2.75, 3.05) is 32.2 Å². The second-order valence-electron chi connectivity index (χ2n) is 10.6. The molecule has 1 fully saturated rings. The van der Waals surface area contributed by atoms with Crippen molar-refractivity contribution in [1.82, 2.24) is 25.9 Å². The molecule has 1 saturated heterocycles. The third-order valence-electron chi connectivity index (χ3n) is 7.49. The van der Waals surface area contributed by atoms with Gasteiger partial charge in [0.05, 0.1) is 46.6 Å². The summed E-state index contributed by atoms with van der Waals surface area (Å²) in [7, 11) is 1.56. The summed E-state index contributed by atoms with van der Waals surface area (Å²) in [6.07, 6.45) is 3.37. The molecular weight excluding hydrogens is 621 g/mol. The normalized spacial score (nSPS) is 14.4. The van der Waals surface area contributed by atoms with Crippen LogP contribution in [0.25, 0.3) is 22.5 Å². The van der Waals surface area contributed by atoms with Crippen molar-refractivity contribution in [3.63, 3.8) is 0 Å². The molecule has 4 aromatic rings. The van der Waals surface area contributed by atoms with Crippen LogP contribution in [0.15, 0.2) is 60.8 Å². The van der Waals surface area contributed by atoms with Crippen molar-refractivity contribution >= 4 is 40.5 Å². The lowest BCUT2D eigenvalue weighted by atomic mass is 10.0. The lowest BCUT2D eigenvalue weighted by Gasteiger charge is -2.16. The zero-order chi connectivity index (χ0) is 31.8. The highest BCUT2D eigenvalue weighted by Gasteiger charge is 2.21. The van der Waals surface area contributed by atoms with E-state index in [-0.39, 0.29) is 24.2 Å². The van der Waals surface area contributed by atoms with E-state index in [4.69, 9.17) is 32.9 Å². The van der Waals surface area contributed by atoms with Gasteiger partial charge in [0.25, 0.3) is 0 Å². The van der Waals surface area contributed by atoms with E-state index in [9.17, 15) is 9.18 Å². The molecule has 8 nitrogen and oxygen atoms in total. The van der Waals surface area contributed by atoms with E-state index in [1.165, 1.54) is 0 Å². The van der Waals surface area contributed by atoms with Crippen LogP contribution in [-0.2, 0) is 17.9 Å². The summed E-state index contributed by atoms with van der Waals surface area (Å²) in [6, 6.07) is 16.1. The van der Waals surface area contributed by atoms with Gasteiger partial charge in [-0.3, -0.25) is 14.2 Å². The number of amides is 1. The number of halogens is 4. The van der Waals surface area contributed by atoms with Gasteiger partial charge >= 0.3 is 0 Å². The molecule has 5 rings (SSSR count). The molecule has 1 aliphatic heterocycles. The number of carbonyl (C=O) groups excluding carboxylic acids is 1. The molecule has 236 valence electrons. The number of rotatable bonds is 14. The standard InChI is InChI=1S/C33H34Cl2F2N6O2/c1-45-33-21(18-39-19-22-10-12-28(44)41-22)9-11-25(43-33)23-13-16-40-32(30(23)35)24-6-3-7-26(29(24)34)42-27-8-2-5-20(31(27)37)17-38-15-4-14-36/h2-3,5-9,11,13,16,22,38-39,42H,4,10,12,14-15,17-19H2,1H3,(H,41,44)/t22-/m0/s1. The number of nitrogens with zero attached hydrogens (tertiary/aromatic N) is 2. The molecule has 45 heavy (non-hydrogen) atoms. The minimum absolute atomic E-state index is 0.0821. The third kappa shape index (κ3) is 7.88. The average Bonchev–Trinajstić information content (AvgIpc) is 3.47. The number of hydrogen-bond acceptors (Lipinski definition) is 7. The number of pyridine rings is 2. The highest BCUT2D eigenvalue weighted by atomic mass is 35.5. The number of alkyl halides is 1. The Hall–Kier alpha value is -3.83. The zero-order valence-electron chi connectivity index (χ0n) is 24.7. The highest BCUT2D eigenvalue weighted by Crippen LogP contribution is 2.41. The Kier molecular flexibility index (Phi) is 11.2. The second-order valence-corrected chi connectivity index (χ2v) is 11.4. The molecule has 0 unspecified atom stereocenters. The Morgan fingerprint density at radius 2 is 1.78 bits per heavy atom. The van der Waals surface area contributed by atoms with Crippen LogP contribution in [0.3, 0.4) is 0 Å². The summed E-state index contributed by atoms with van der Waals surface area (Å²) in [4.78, 5) is 20.7. The molecule has 0 aliphatic carbocycles. The summed E-state index contributed by atoms with van der Waals surface area (Å²) >= 11 is 13.8. The number of hydrogen-bond donors (Lipinski definition) is 4. The van der Waals surface area contributed by atoms with Crippen LogP contribution in [0.2, 0.25) is 10.0 Å². The number of ether oxygens (including phenoxy) is 1. The predicted octanol–water partition coefficient (Wildman–Crippen LogP) is 6.83. The fourth-order valence-electron chi connectivity index (χ4n) is 5.16. The van der Waals surface area contributed by atoms with Gasteiger partial charge in [-0.2, -0.15) is 0 Å². The van der Waals surface area contributed by atoms with Crippen LogP contribution < -0.4 is 26.0 Å². The molecule has 1 aliphatic rings. The van der Waals surface area contributed by atoms with Crippen molar-refractivity contribution in [2.45, 2.75) is 38.4 Å². The second kappa shape index (κ2) is 15.4. The number of anilines is 2. The molecule has 0 radical (unpaired) electrons. The largest absolute Gasteiger partial charge is 0.481 e.